The van der Waals surface area contributed by atoms with Gasteiger partial charge >= 0.3 is 5.97 Å². The van der Waals surface area contributed by atoms with Gasteiger partial charge in [0.05, 0.1) is 10.5 Å². The number of nitro groups is 1. The first-order valence-electron chi connectivity index (χ1n) is 10.1. The molecule has 0 aliphatic carbocycles. The summed E-state index contributed by atoms with van der Waals surface area (Å²) >= 11 is 0. The molecule has 1 saturated heterocycles. The van der Waals surface area contributed by atoms with Crippen LogP contribution in [0.5, 0.6) is 0 Å². The van der Waals surface area contributed by atoms with Gasteiger partial charge in [0.25, 0.3) is 5.69 Å². The average molecular weight is 453 g/mol. The highest BCUT2D eigenvalue weighted by atomic mass is 19.1. The smallest absolute Gasteiger partial charge is 0.338 e. The van der Waals surface area contributed by atoms with Gasteiger partial charge in [-0.05, 0) is 49.2 Å². The molecule has 1 aromatic heterocycles. The van der Waals surface area contributed by atoms with E-state index in [1.807, 2.05) is 4.90 Å². The molecule has 3 N–H and O–H groups in total. The van der Waals surface area contributed by atoms with E-state index in [-0.39, 0.29) is 35.6 Å². The third-order valence-corrected chi connectivity index (χ3v) is 4.99. The van der Waals surface area contributed by atoms with Crippen molar-refractivity contribution in [3.8, 4) is 0 Å². The molecule has 3 aromatic rings. The number of nitrogens with two attached hydrogens (primary N) is 1. The van der Waals surface area contributed by atoms with Crippen LogP contribution in [0.15, 0.2) is 42.5 Å². The number of carbonyl (C=O) groups excluding carboxylic acids is 1. The summed E-state index contributed by atoms with van der Waals surface area (Å²) in [6, 6.07) is 9.78. The highest BCUT2D eigenvalue weighted by molar-refractivity contribution is 5.91. The molecule has 2 aromatic carbocycles. The molecule has 170 valence electrons. The summed E-state index contributed by atoms with van der Waals surface area (Å²) in [6.07, 6.45) is 1.93. The lowest BCUT2D eigenvalue weighted by Crippen LogP contribution is -2.19. The van der Waals surface area contributed by atoms with Gasteiger partial charge in [0.15, 0.2) is 12.4 Å². The minimum absolute atomic E-state index is 0.0383. The Morgan fingerprint density at radius 1 is 1.15 bits per heavy atom. The predicted molar refractivity (Wildman–Crippen MR) is 118 cm³/mol. The molecule has 0 saturated carbocycles. The van der Waals surface area contributed by atoms with Crippen molar-refractivity contribution < 1.29 is 18.8 Å². The van der Waals surface area contributed by atoms with Crippen LogP contribution in [0.3, 0.4) is 0 Å². The molecule has 0 amide bonds. The highest BCUT2D eigenvalue weighted by Gasteiger charge is 2.24. The normalized spacial score (nSPS) is 13.1. The van der Waals surface area contributed by atoms with Crippen LogP contribution >= 0.6 is 0 Å². The van der Waals surface area contributed by atoms with Crippen LogP contribution in [0.2, 0.25) is 0 Å². The second kappa shape index (κ2) is 9.42. The number of anilines is 4. The van der Waals surface area contributed by atoms with Crippen LogP contribution in [0, 0.1) is 15.9 Å². The maximum absolute atomic E-state index is 13.1. The third-order valence-electron chi connectivity index (χ3n) is 4.99. The summed E-state index contributed by atoms with van der Waals surface area (Å²) in [6.45, 7) is 1.14. The molecule has 2 heterocycles. The fourth-order valence-corrected chi connectivity index (χ4v) is 3.46. The number of nitrogen functional groups attached to an aromatic ring is 1. The van der Waals surface area contributed by atoms with Crippen molar-refractivity contribution >= 4 is 34.9 Å². The van der Waals surface area contributed by atoms with E-state index < -0.39 is 16.7 Å². The number of aromatic nitrogens is 3. The molecule has 0 radical (unpaired) electrons. The van der Waals surface area contributed by atoms with Gasteiger partial charge in [0.1, 0.15) is 11.5 Å². The van der Waals surface area contributed by atoms with Crippen molar-refractivity contribution in [1.29, 1.82) is 0 Å². The average Bonchev–Trinajstić information content (AvgIpc) is 3.33. The van der Waals surface area contributed by atoms with Gasteiger partial charge in [-0.15, -0.1) is 0 Å². The van der Waals surface area contributed by atoms with Gasteiger partial charge in [-0.2, -0.15) is 15.0 Å². The molecule has 11 nitrogen and oxygen atoms in total. The van der Waals surface area contributed by atoms with Gasteiger partial charge in [-0.25, -0.2) is 9.18 Å². The zero-order chi connectivity index (χ0) is 23.4. The number of esters is 1. The second-order valence-corrected chi connectivity index (χ2v) is 7.30. The Morgan fingerprint density at radius 3 is 2.58 bits per heavy atom. The maximum atomic E-state index is 13.1. The Labute approximate surface area is 187 Å². The first-order chi connectivity index (χ1) is 15.9. The molecule has 0 atom stereocenters. The second-order valence-electron chi connectivity index (χ2n) is 7.30. The summed E-state index contributed by atoms with van der Waals surface area (Å²) in [4.78, 5) is 37.5. The molecule has 12 heteroatoms. The number of hydrogen-bond donors (Lipinski definition) is 2. The van der Waals surface area contributed by atoms with Crippen LogP contribution in [0.25, 0.3) is 0 Å². The third kappa shape index (κ3) is 5.29. The van der Waals surface area contributed by atoms with E-state index in [9.17, 15) is 19.3 Å². The highest BCUT2D eigenvalue weighted by Crippen LogP contribution is 2.32. The monoisotopic (exact) mass is 453 g/mol. The standard InChI is InChI=1S/C21H20FN7O4/c22-14-4-6-15(7-5-14)24-21-26-18(25-20(23)27-21)12-33-19(30)13-3-8-16(17(11-13)29(31)32)28-9-1-2-10-28/h3-8,11H,1-2,9-10,12H2,(H3,23,24,25,26,27). The minimum Gasteiger partial charge on any atom is -0.454 e. The Morgan fingerprint density at radius 2 is 1.88 bits per heavy atom. The minimum atomic E-state index is -0.766. The van der Waals surface area contributed by atoms with Crippen LogP contribution in [-0.2, 0) is 11.3 Å². The topological polar surface area (TPSA) is 149 Å². The van der Waals surface area contributed by atoms with E-state index >= 15 is 0 Å². The molecule has 1 fully saturated rings. The van der Waals surface area contributed by atoms with Crippen LogP contribution in [-0.4, -0.2) is 38.9 Å². The molecule has 1 aliphatic heterocycles. The van der Waals surface area contributed by atoms with Gasteiger partial charge in [0.2, 0.25) is 11.9 Å². The summed E-state index contributed by atoms with van der Waals surface area (Å²) in [5.41, 5.74) is 6.59. The molecule has 4 rings (SSSR count). The van der Waals surface area contributed by atoms with Crippen molar-refractivity contribution in [2.45, 2.75) is 19.4 Å². The number of nitro benzene ring substituents is 1. The summed E-state index contributed by atoms with van der Waals surface area (Å²) < 4.78 is 18.3. The number of nitrogens with zero attached hydrogens (tertiary/aromatic N) is 5. The molecule has 0 spiro atoms. The molecule has 0 bridgehead atoms. The summed E-state index contributed by atoms with van der Waals surface area (Å²) in [5.74, 6) is -1.10. The van der Waals surface area contributed by atoms with Gasteiger partial charge in [-0.1, -0.05) is 0 Å². The van der Waals surface area contributed by atoms with Crippen molar-refractivity contribution in [1.82, 2.24) is 15.0 Å². The Bertz CT molecular complexity index is 1180. The molecular formula is C21H20FN7O4. The largest absolute Gasteiger partial charge is 0.454 e. The SMILES string of the molecule is Nc1nc(COC(=O)c2ccc(N3CCCC3)c([N+](=O)[O-])c2)nc(Nc2ccc(F)cc2)n1. The summed E-state index contributed by atoms with van der Waals surface area (Å²) in [5, 5.41) is 14.4. The Kier molecular flexibility index (Phi) is 6.24. The zero-order valence-electron chi connectivity index (χ0n) is 17.4. The van der Waals surface area contributed by atoms with Crippen molar-refractivity contribution in [3.05, 3.63) is 69.8 Å². The maximum Gasteiger partial charge on any atom is 0.338 e. The predicted octanol–water partition coefficient (Wildman–Crippen LogP) is 3.20. The quantitative estimate of drug-likeness (QED) is 0.310. The number of carbonyl (C=O) groups is 1. The van der Waals surface area contributed by atoms with Crippen molar-refractivity contribution in [2.24, 2.45) is 0 Å². The van der Waals surface area contributed by atoms with Gasteiger partial charge in [-0.3, -0.25) is 10.1 Å². The number of rotatable bonds is 7. The number of benzene rings is 2. The molecule has 1 aliphatic rings. The van der Waals surface area contributed by atoms with Crippen molar-refractivity contribution in [2.75, 3.05) is 29.0 Å². The van der Waals surface area contributed by atoms with E-state index in [4.69, 9.17) is 10.5 Å². The van der Waals surface area contributed by atoms with Crippen molar-refractivity contribution in [3.63, 3.8) is 0 Å². The lowest BCUT2D eigenvalue weighted by atomic mass is 10.1. The van der Waals surface area contributed by atoms with Crippen LogP contribution in [0.4, 0.5) is 33.3 Å². The number of hydrogen-bond acceptors (Lipinski definition) is 10. The van der Waals surface area contributed by atoms with E-state index in [2.05, 4.69) is 20.3 Å². The number of nitrogens with one attached hydrogen (secondary N) is 1. The lowest BCUT2D eigenvalue weighted by molar-refractivity contribution is -0.384. The van der Waals surface area contributed by atoms with Crippen LogP contribution < -0.4 is 16.0 Å². The number of ether oxygens (including phenoxy) is 1. The van der Waals surface area contributed by atoms with E-state index in [0.717, 1.165) is 25.9 Å². The fraction of sp³-hybridized carbons (Fsp3) is 0.238. The first-order valence-corrected chi connectivity index (χ1v) is 10.1. The van der Waals surface area contributed by atoms with E-state index in [1.54, 1.807) is 6.07 Å². The van der Waals surface area contributed by atoms with Gasteiger partial charge in [0, 0.05) is 24.8 Å². The summed E-state index contributed by atoms with van der Waals surface area (Å²) in [7, 11) is 0. The number of halogens is 1. The molecule has 33 heavy (non-hydrogen) atoms. The first kappa shape index (κ1) is 21.9. The fourth-order valence-electron chi connectivity index (χ4n) is 3.46. The zero-order valence-corrected chi connectivity index (χ0v) is 17.4. The molecular weight excluding hydrogens is 433 g/mol. The van der Waals surface area contributed by atoms with Crippen LogP contribution in [0.1, 0.15) is 29.0 Å². The lowest BCUT2D eigenvalue weighted by Gasteiger charge is -2.17. The van der Waals surface area contributed by atoms with E-state index in [1.165, 1.54) is 36.4 Å². The van der Waals surface area contributed by atoms with E-state index in [0.29, 0.717) is 11.4 Å². The molecule has 0 unspecified atom stereocenters. The Hall–Kier alpha value is -4.35. The van der Waals surface area contributed by atoms with Gasteiger partial charge < -0.3 is 20.7 Å². The Balaban J connectivity index is 1.46.